The van der Waals surface area contributed by atoms with Gasteiger partial charge in [0.2, 0.25) is 0 Å². The summed E-state index contributed by atoms with van der Waals surface area (Å²) in [6.07, 6.45) is -0.831. The van der Waals surface area contributed by atoms with E-state index in [2.05, 4.69) is 4.98 Å². The zero-order chi connectivity index (χ0) is 15.6. The van der Waals surface area contributed by atoms with E-state index in [1.807, 2.05) is 6.92 Å². The zero-order valence-electron chi connectivity index (χ0n) is 11.3. The highest BCUT2D eigenvalue weighted by atomic mass is 19.4. The van der Waals surface area contributed by atoms with Crippen LogP contribution in [0.25, 0.3) is 0 Å². The molecule has 0 bridgehead atoms. The first kappa shape index (κ1) is 15.4. The van der Waals surface area contributed by atoms with Gasteiger partial charge in [-0.2, -0.15) is 13.2 Å². The Kier molecular flexibility index (Phi) is 4.27. The van der Waals surface area contributed by atoms with Crippen LogP contribution in [0.2, 0.25) is 0 Å². The van der Waals surface area contributed by atoms with E-state index >= 15 is 0 Å². The molecule has 1 heterocycles. The summed E-state index contributed by atoms with van der Waals surface area (Å²) >= 11 is 0. The van der Waals surface area contributed by atoms with Crippen LogP contribution in [0.1, 0.15) is 35.2 Å². The van der Waals surface area contributed by atoms with E-state index in [0.29, 0.717) is 12.0 Å². The summed E-state index contributed by atoms with van der Waals surface area (Å²) in [6.45, 7) is 1.92. The average molecular weight is 298 g/mol. The Morgan fingerprint density at radius 1 is 1.24 bits per heavy atom. The summed E-state index contributed by atoms with van der Waals surface area (Å²) in [4.78, 5) is 3.98. The highest BCUT2D eigenvalue weighted by Gasteiger charge is 2.34. The molecule has 2 aromatic rings. The van der Waals surface area contributed by atoms with Gasteiger partial charge in [-0.25, -0.2) is 4.39 Å². The molecule has 2 nitrogen and oxygen atoms in total. The Labute approximate surface area is 119 Å². The van der Waals surface area contributed by atoms with Crippen molar-refractivity contribution in [2.75, 3.05) is 0 Å². The largest absolute Gasteiger partial charge is 0.419 e. The van der Waals surface area contributed by atoms with Crippen molar-refractivity contribution in [2.24, 2.45) is 5.73 Å². The van der Waals surface area contributed by atoms with Crippen molar-refractivity contribution in [1.82, 2.24) is 4.98 Å². The maximum Gasteiger partial charge on any atom is 0.419 e. The van der Waals surface area contributed by atoms with E-state index in [-0.39, 0.29) is 0 Å². The van der Waals surface area contributed by atoms with E-state index in [4.69, 9.17) is 5.73 Å². The molecule has 0 spiro atoms. The number of benzene rings is 1. The number of hydrogen-bond donors (Lipinski definition) is 1. The molecule has 21 heavy (non-hydrogen) atoms. The van der Waals surface area contributed by atoms with Crippen LogP contribution >= 0.6 is 0 Å². The molecule has 2 N–H and O–H groups in total. The minimum atomic E-state index is -4.71. The summed E-state index contributed by atoms with van der Waals surface area (Å²) in [5.74, 6) is -1.32. The molecule has 2 rings (SSSR count). The topological polar surface area (TPSA) is 38.9 Å². The van der Waals surface area contributed by atoms with Crippen LogP contribution < -0.4 is 5.73 Å². The molecule has 1 aromatic carbocycles. The van der Waals surface area contributed by atoms with E-state index < -0.39 is 23.6 Å². The fraction of sp³-hybridized carbons (Fsp3) is 0.267. The van der Waals surface area contributed by atoms with Gasteiger partial charge in [0.1, 0.15) is 5.82 Å². The van der Waals surface area contributed by atoms with E-state index in [0.717, 1.165) is 23.3 Å². The standard InChI is InChI=1S/C15H14F4N2/c1-2-9-8-21-6-5-11(9)14(20)10-3-4-12(13(16)7-10)15(17,18)19/h3-8,14H,2,20H2,1H3. The molecule has 0 radical (unpaired) electrons. The predicted octanol–water partition coefficient (Wildman–Crippen LogP) is 3.85. The van der Waals surface area contributed by atoms with Gasteiger partial charge >= 0.3 is 6.18 Å². The van der Waals surface area contributed by atoms with Crippen LogP contribution in [0.15, 0.2) is 36.7 Å². The number of aryl methyl sites for hydroxylation is 1. The zero-order valence-corrected chi connectivity index (χ0v) is 11.3. The van der Waals surface area contributed by atoms with Crippen molar-refractivity contribution in [3.63, 3.8) is 0 Å². The molecule has 0 saturated carbocycles. The van der Waals surface area contributed by atoms with Crippen molar-refractivity contribution in [3.05, 3.63) is 64.7 Å². The molecule has 0 aliphatic rings. The number of nitrogens with zero attached hydrogens (tertiary/aromatic N) is 1. The van der Waals surface area contributed by atoms with Crippen LogP contribution in [0.5, 0.6) is 0 Å². The first-order chi connectivity index (χ1) is 9.84. The van der Waals surface area contributed by atoms with Crippen molar-refractivity contribution in [3.8, 4) is 0 Å². The summed E-state index contributed by atoms with van der Waals surface area (Å²) in [7, 11) is 0. The highest BCUT2D eigenvalue weighted by molar-refractivity contribution is 5.37. The lowest BCUT2D eigenvalue weighted by molar-refractivity contribution is -0.140. The lowest BCUT2D eigenvalue weighted by Crippen LogP contribution is -2.16. The number of aromatic nitrogens is 1. The number of nitrogens with two attached hydrogens (primary N) is 1. The van der Waals surface area contributed by atoms with Gasteiger partial charge < -0.3 is 5.73 Å². The molecule has 112 valence electrons. The van der Waals surface area contributed by atoms with Crippen molar-refractivity contribution in [2.45, 2.75) is 25.6 Å². The number of hydrogen-bond acceptors (Lipinski definition) is 2. The molecule has 0 saturated heterocycles. The van der Waals surface area contributed by atoms with Crippen LogP contribution in [0, 0.1) is 5.82 Å². The van der Waals surface area contributed by atoms with Gasteiger partial charge in [-0.05, 0) is 41.3 Å². The Balaban J connectivity index is 2.41. The smallest absolute Gasteiger partial charge is 0.320 e. The van der Waals surface area contributed by atoms with Crippen LogP contribution in [-0.4, -0.2) is 4.98 Å². The van der Waals surface area contributed by atoms with Gasteiger partial charge in [0.05, 0.1) is 11.6 Å². The maximum absolute atomic E-state index is 13.6. The Hall–Kier alpha value is -1.95. The first-order valence-corrected chi connectivity index (χ1v) is 6.39. The number of pyridine rings is 1. The third-order valence-electron chi connectivity index (χ3n) is 3.31. The van der Waals surface area contributed by atoms with E-state index in [9.17, 15) is 17.6 Å². The minimum Gasteiger partial charge on any atom is -0.320 e. The molecular formula is C15H14F4N2. The van der Waals surface area contributed by atoms with Crippen molar-refractivity contribution in [1.29, 1.82) is 0 Å². The fourth-order valence-corrected chi connectivity index (χ4v) is 2.17. The van der Waals surface area contributed by atoms with Gasteiger partial charge in [0.15, 0.2) is 0 Å². The lowest BCUT2D eigenvalue weighted by Gasteiger charge is -2.17. The normalized spacial score (nSPS) is 13.2. The van der Waals surface area contributed by atoms with Crippen LogP contribution in [0.3, 0.4) is 0 Å². The lowest BCUT2D eigenvalue weighted by atomic mass is 9.94. The van der Waals surface area contributed by atoms with Crippen LogP contribution in [-0.2, 0) is 12.6 Å². The fourth-order valence-electron chi connectivity index (χ4n) is 2.17. The number of alkyl halides is 3. The van der Waals surface area contributed by atoms with Gasteiger partial charge in [-0.15, -0.1) is 0 Å². The second kappa shape index (κ2) is 5.81. The number of rotatable bonds is 3. The van der Waals surface area contributed by atoms with Gasteiger partial charge in [0.25, 0.3) is 0 Å². The number of halogens is 4. The summed E-state index contributed by atoms with van der Waals surface area (Å²) in [6, 6.07) is 3.76. The second-order valence-electron chi connectivity index (χ2n) is 4.64. The minimum absolute atomic E-state index is 0.293. The molecule has 0 aliphatic carbocycles. The van der Waals surface area contributed by atoms with Gasteiger partial charge in [-0.3, -0.25) is 4.98 Å². The molecule has 1 atom stereocenters. The molecule has 0 amide bonds. The first-order valence-electron chi connectivity index (χ1n) is 6.39. The monoisotopic (exact) mass is 298 g/mol. The summed E-state index contributed by atoms with van der Waals surface area (Å²) in [5, 5.41) is 0. The molecule has 1 unspecified atom stereocenters. The Morgan fingerprint density at radius 2 is 1.95 bits per heavy atom. The van der Waals surface area contributed by atoms with E-state index in [1.165, 1.54) is 6.07 Å². The SMILES string of the molecule is CCc1cnccc1C(N)c1ccc(C(F)(F)F)c(F)c1. The summed E-state index contributed by atoms with van der Waals surface area (Å²) in [5.41, 5.74) is 6.66. The second-order valence-corrected chi connectivity index (χ2v) is 4.64. The molecule has 6 heteroatoms. The average Bonchev–Trinajstić information content (AvgIpc) is 2.45. The molecule has 0 aliphatic heterocycles. The predicted molar refractivity (Wildman–Crippen MR) is 71.0 cm³/mol. The molecule has 1 aromatic heterocycles. The Morgan fingerprint density at radius 3 is 2.52 bits per heavy atom. The van der Waals surface area contributed by atoms with Crippen molar-refractivity contribution >= 4 is 0 Å². The van der Waals surface area contributed by atoms with Gasteiger partial charge in [0, 0.05) is 12.4 Å². The third kappa shape index (κ3) is 3.21. The third-order valence-corrected chi connectivity index (χ3v) is 3.31. The van der Waals surface area contributed by atoms with Crippen LogP contribution in [0.4, 0.5) is 17.6 Å². The van der Waals surface area contributed by atoms with E-state index in [1.54, 1.807) is 18.5 Å². The Bertz CT molecular complexity index is 638. The van der Waals surface area contributed by atoms with Crippen molar-refractivity contribution < 1.29 is 17.6 Å². The highest BCUT2D eigenvalue weighted by Crippen LogP contribution is 2.33. The van der Waals surface area contributed by atoms with Gasteiger partial charge in [-0.1, -0.05) is 13.0 Å². The molecule has 0 fully saturated rings. The maximum atomic E-state index is 13.6. The quantitative estimate of drug-likeness (QED) is 0.874. The molecular weight excluding hydrogens is 284 g/mol. The summed E-state index contributed by atoms with van der Waals surface area (Å²) < 4.78 is 51.2.